The normalized spacial score (nSPS) is 10.8. The smallest absolute Gasteiger partial charge is 0.290 e. The second kappa shape index (κ2) is 6.40. The van der Waals surface area contributed by atoms with Gasteiger partial charge in [0.15, 0.2) is 11.5 Å². The second-order valence-corrected chi connectivity index (χ2v) is 4.95. The Morgan fingerprint density at radius 3 is 2.95 bits per heavy atom. The minimum absolute atomic E-state index is 0.0394. The standard InChI is InChI=1S/C13H13BrN4O3/c1-18-12(9(14)7-16-18)13(20)17-15-6-8-3-4-10(19)11(5-8)21-2/h3-7,19H,1-2H3,(H,17,20)/b15-6+. The van der Waals surface area contributed by atoms with Crippen molar-refractivity contribution in [3.63, 3.8) is 0 Å². The lowest BCUT2D eigenvalue weighted by molar-refractivity contribution is 0.0945. The molecular weight excluding hydrogens is 340 g/mol. The molecule has 1 aromatic heterocycles. The summed E-state index contributed by atoms with van der Waals surface area (Å²) >= 11 is 3.24. The van der Waals surface area contributed by atoms with Crippen LogP contribution in [0.2, 0.25) is 0 Å². The highest BCUT2D eigenvalue weighted by molar-refractivity contribution is 9.10. The van der Waals surface area contributed by atoms with Crippen LogP contribution >= 0.6 is 15.9 Å². The number of aromatic nitrogens is 2. The van der Waals surface area contributed by atoms with Crippen LogP contribution in [0.5, 0.6) is 11.5 Å². The monoisotopic (exact) mass is 352 g/mol. The number of halogens is 1. The predicted molar refractivity (Wildman–Crippen MR) is 80.6 cm³/mol. The largest absolute Gasteiger partial charge is 0.504 e. The number of amides is 1. The third-order valence-corrected chi connectivity index (χ3v) is 3.27. The van der Waals surface area contributed by atoms with E-state index >= 15 is 0 Å². The van der Waals surface area contributed by atoms with E-state index in [-0.39, 0.29) is 11.7 Å². The molecule has 0 bridgehead atoms. The van der Waals surface area contributed by atoms with E-state index < -0.39 is 0 Å². The van der Waals surface area contributed by atoms with E-state index in [4.69, 9.17) is 4.74 Å². The number of hydrogen-bond acceptors (Lipinski definition) is 5. The van der Waals surface area contributed by atoms with Crippen LogP contribution in [0.1, 0.15) is 16.1 Å². The first-order valence-corrected chi connectivity index (χ1v) is 6.70. The van der Waals surface area contributed by atoms with Crippen molar-refractivity contribution in [3.05, 3.63) is 40.1 Å². The molecule has 1 amide bonds. The quantitative estimate of drug-likeness (QED) is 0.646. The Hall–Kier alpha value is -2.35. The maximum Gasteiger partial charge on any atom is 0.290 e. The summed E-state index contributed by atoms with van der Waals surface area (Å²) in [4.78, 5) is 11.9. The number of methoxy groups -OCH3 is 1. The third kappa shape index (κ3) is 3.40. The first kappa shape index (κ1) is 15.0. The van der Waals surface area contributed by atoms with Crippen molar-refractivity contribution in [1.82, 2.24) is 15.2 Å². The van der Waals surface area contributed by atoms with E-state index in [9.17, 15) is 9.90 Å². The zero-order chi connectivity index (χ0) is 15.4. The molecule has 0 spiro atoms. The predicted octanol–water partition coefficient (Wildman–Crippen LogP) is 1.66. The van der Waals surface area contributed by atoms with E-state index in [0.29, 0.717) is 21.5 Å². The van der Waals surface area contributed by atoms with Gasteiger partial charge in [-0.2, -0.15) is 10.2 Å². The van der Waals surface area contributed by atoms with Crippen molar-refractivity contribution in [2.75, 3.05) is 7.11 Å². The number of benzene rings is 1. The number of ether oxygens (including phenoxy) is 1. The van der Waals surface area contributed by atoms with Crippen LogP contribution in [0.4, 0.5) is 0 Å². The van der Waals surface area contributed by atoms with Crippen molar-refractivity contribution >= 4 is 28.1 Å². The number of nitrogens with zero attached hydrogens (tertiary/aromatic N) is 3. The number of rotatable bonds is 4. The maximum absolute atomic E-state index is 11.9. The number of hydrogen-bond donors (Lipinski definition) is 2. The summed E-state index contributed by atoms with van der Waals surface area (Å²) in [5.41, 5.74) is 3.45. The molecule has 2 N–H and O–H groups in total. The van der Waals surface area contributed by atoms with Crippen LogP contribution in [0, 0.1) is 0 Å². The average Bonchev–Trinajstić information content (AvgIpc) is 2.80. The Morgan fingerprint density at radius 1 is 1.57 bits per heavy atom. The van der Waals surface area contributed by atoms with E-state index in [2.05, 4.69) is 31.6 Å². The van der Waals surface area contributed by atoms with Gasteiger partial charge in [0.2, 0.25) is 0 Å². The fourth-order valence-corrected chi connectivity index (χ4v) is 2.19. The van der Waals surface area contributed by atoms with Gasteiger partial charge in [-0.1, -0.05) is 0 Å². The highest BCUT2D eigenvalue weighted by Gasteiger charge is 2.14. The summed E-state index contributed by atoms with van der Waals surface area (Å²) in [6, 6.07) is 4.73. The van der Waals surface area contributed by atoms with Crippen molar-refractivity contribution in [2.45, 2.75) is 0 Å². The molecule has 1 aromatic carbocycles. The summed E-state index contributed by atoms with van der Waals surface area (Å²) in [7, 11) is 3.12. The van der Waals surface area contributed by atoms with E-state index in [1.54, 1.807) is 19.2 Å². The number of aryl methyl sites for hydroxylation is 1. The molecular formula is C13H13BrN4O3. The topological polar surface area (TPSA) is 88.7 Å². The van der Waals surface area contributed by atoms with Crippen LogP contribution in [-0.4, -0.2) is 34.1 Å². The first-order valence-electron chi connectivity index (χ1n) is 5.91. The van der Waals surface area contributed by atoms with Gasteiger partial charge in [0.1, 0.15) is 5.69 Å². The molecule has 0 unspecified atom stereocenters. The molecule has 0 saturated heterocycles. The second-order valence-electron chi connectivity index (χ2n) is 4.10. The highest BCUT2D eigenvalue weighted by Crippen LogP contribution is 2.25. The Labute approximate surface area is 129 Å². The summed E-state index contributed by atoms with van der Waals surface area (Å²) in [5.74, 6) is -0.0129. The molecule has 8 heteroatoms. The number of phenols is 1. The van der Waals surface area contributed by atoms with Crippen molar-refractivity contribution in [1.29, 1.82) is 0 Å². The number of hydrazone groups is 1. The number of carbonyl (C=O) groups is 1. The van der Waals surface area contributed by atoms with Gasteiger partial charge in [0, 0.05) is 7.05 Å². The summed E-state index contributed by atoms with van der Waals surface area (Å²) in [6.07, 6.45) is 2.98. The Kier molecular flexibility index (Phi) is 4.59. The Bertz CT molecular complexity index is 677. The SMILES string of the molecule is COc1cc(/C=N/NC(=O)c2c(Br)cnn2C)ccc1O. The molecule has 1 heterocycles. The van der Waals surface area contributed by atoms with E-state index in [1.807, 2.05) is 0 Å². The van der Waals surface area contributed by atoms with Crippen molar-refractivity contribution in [3.8, 4) is 11.5 Å². The van der Waals surface area contributed by atoms with Gasteiger partial charge in [-0.25, -0.2) is 5.43 Å². The summed E-state index contributed by atoms with van der Waals surface area (Å²) in [6.45, 7) is 0. The lowest BCUT2D eigenvalue weighted by Crippen LogP contribution is -2.21. The lowest BCUT2D eigenvalue weighted by atomic mass is 10.2. The molecule has 0 aliphatic heterocycles. The van der Waals surface area contributed by atoms with Gasteiger partial charge in [0.05, 0.1) is 24.0 Å². The minimum atomic E-state index is -0.385. The maximum atomic E-state index is 11.9. The van der Waals surface area contributed by atoms with Gasteiger partial charge < -0.3 is 9.84 Å². The van der Waals surface area contributed by atoms with E-state index in [1.165, 1.54) is 30.3 Å². The lowest BCUT2D eigenvalue weighted by Gasteiger charge is -2.04. The fraction of sp³-hybridized carbons (Fsp3) is 0.154. The molecule has 2 rings (SSSR count). The number of nitrogens with one attached hydrogen (secondary N) is 1. The van der Waals surface area contributed by atoms with Crippen molar-refractivity contribution in [2.24, 2.45) is 12.1 Å². The Morgan fingerprint density at radius 2 is 2.33 bits per heavy atom. The number of phenolic OH excluding ortho intramolecular Hbond substituents is 1. The molecule has 110 valence electrons. The van der Waals surface area contributed by atoms with Crippen LogP contribution in [0.25, 0.3) is 0 Å². The molecule has 0 radical (unpaired) electrons. The molecule has 2 aromatic rings. The average molecular weight is 353 g/mol. The molecule has 21 heavy (non-hydrogen) atoms. The third-order valence-electron chi connectivity index (χ3n) is 2.69. The zero-order valence-corrected chi connectivity index (χ0v) is 13.0. The molecule has 0 fully saturated rings. The van der Waals surface area contributed by atoms with Crippen LogP contribution in [-0.2, 0) is 7.05 Å². The summed E-state index contributed by atoms with van der Waals surface area (Å²) < 4.78 is 7.02. The summed E-state index contributed by atoms with van der Waals surface area (Å²) in [5, 5.41) is 17.3. The molecule has 0 saturated carbocycles. The fourth-order valence-electron chi connectivity index (χ4n) is 1.66. The number of aromatic hydroxyl groups is 1. The zero-order valence-electron chi connectivity index (χ0n) is 11.4. The van der Waals surface area contributed by atoms with Gasteiger partial charge in [-0.15, -0.1) is 0 Å². The molecule has 0 atom stereocenters. The number of carbonyl (C=O) groups excluding carboxylic acids is 1. The van der Waals surface area contributed by atoms with Crippen LogP contribution in [0.3, 0.4) is 0 Å². The van der Waals surface area contributed by atoms with Gasteiger partial charge in [-0.3, -0.25) is 9.48 Å². The van der Waals surface area contributed by atoms with E-state index in [0.717, 1.165) is 0 Å². The van der Waals surface area contributed by atoms with Gasteiger partial charge >= 0.3 is 0 Å². The van der Waals surface area contributed by atoms with Crippen LogP contribution in [0.15, 0.2) is 34.0 Å². The van der Waals surface area contributed by atoms with Gasteiger partial charge in [0.25, 0.3) is 5.91 Å². The molecule has 0 aliphatic carbocycles. The Balaban J connectivity index is 2.07. The molecule has 0 aliphatic rings. The minimum Gasteiger partial charge on any atom is -0.504 e. The van der Waals surface area contributed by atoms with Gasteiger partial charge in [-0.05, 0) is 39.7 Å². The first-order chi connectivity index (χ1) is 10.0. The van der Waals surface area contributed by atoms with Crippen LogP contribution < -0.4 is 10.2 Å². The highest BCUT2D eigenvalue weighted by atomic mass is 79.9. The molecule has 7 nitrogen and oxygen atoms in total. The van der Waals surface area contributed by atoms with Crippen molar-refractivity contribution < 1.29 is 14.6 Å².